The number of nitrogens with zero attached hydrogens (tertiary/aromatic N) is 3. The first-order chi connectivity index (χ1) is 23.8. The molecular weight excluding hydrogens is 583 g/mol. The first kappa shape index (κ1) is 27.8. The van der Waals surface area contributed by atoms with E-state index in [-0.39, 0.29) is 0 Å². The van der Waals surface area contributed by atoms with E-state index in [4.69, 9.17) is 9.97 Å². The second-order valence-corrected chi connectivity index (χ2v) is 12.0. The highest BCUT2D eigenvalue weighted by molar-refractivity contribution is 6.08. The van der Waals surface area contributed by atoms with Gasteiger partial charge in [0.25, 0.3) is 0 Å². The zero-order valence-corrected chi connectivity index (χ0v) is 26.1. The molecule has 9 aromatic rings. The maximum absolute atomic E-state index is 5.41. The van der Waals surface area contributed by atoms with Gasteiger partial charge in [-0.1, -0.05) is 146 Å². The number of hydrogen-bond acceptors (Lipinski definition) is 3. The minimum Gasteiger partial charge on any atom is -0.264 e. The third-order valence-corrected chi connectivity index (χ3v) is 9.16. The number of aromatic nitrogens is 3. The third kappa shape index (κ3) is 4.90. The number of pyridine rings is 1. The number of hydrogen-bond donors (Lipinski definition) is 0. The van der Waals surface area contributed by atoms with Crippen molar-refractivity contribution < 1.29 is 0 Å². The van der Waals surface area contributed by atoms with Gasteiger partial charge in [0.15, 0.2) is 0 Å². The highest BCUT2D eigenvalue weighted by Crippen LogP contribution is 2.42. The Morgan fingerprint density at radius 1 is 0.333 bits per heavy atom. The maximum Gasteiger partial charge on any atom is 0.0973 e. The molecule has 0 amide bonds. The third-order valence-electron chi connectivity index (χ3n) is 9.16. The van der Waals surface area contributed by atoms with Crippen molar-refractivity contribution in [3.63, 3.8) is 0 Å². The second-order valence-electron chi connectivity index (χ2n) is 12.0. The Labute approximate surface area is 278 Å². The molecule has 3 nitrogen and oxygen atoms in total. The van der Waals surface area contributed by atoms with Crippen molar-refractivity contribution in [2.45, 2.75) is 0 Å². The SMILES string of the molecule is c1ccc(-c2nc3cc(-c4cccc5ccccc45)c(-c4cccc5ccccc45)cc3nc2-c2ccc(-c3cccnc3)cc2)cc1. The molecule has 0 saturated carbocycles. The van der Waals surface area contributed by atoms with Crippen LogP contribution in [0.3, 0.4) is 0 Å². The van der Waals surface area contributed by atoms with Crippen molar-refractivity contribution in [1.29, 1.82) is 0 Å². The van der Waals surface area contributed by atoms with Crippen LogP contribution in [0.2, 0.25) is 0 Å². The van der Waals surface area contributed by atoms with Crippen LogP contribution in [0.4, 0.5) is 0 Å². The summed E-state index contributed by atoms with van der Waals surface area (Å²) in [6.07, 6.45) is 3.69. The van der Waals surface area contributed by atoms with Gasteiger partial charge in [0.1, 0.15) is 0 Å². The lowest BCUT2D eigenvalue weighted by Gasteiger charge is -2.17. The number of benzene rings is 7. The predicted octanol–water partition coefficient (Wildman–Crippen LogP) is 11.7. The van der Waals surface area contributed by atoms with E-state index in [1.807, 2.05) is 18.3 Å². The van der Waals surface area contributed by atoms with Gasteiger partial charge in [0.05, 0.1) is 22.4 Å². The molecule has 2 heterocycles. The van der Waals surface area contributed by atoms with Gasteiger partial charge in [-0.3, -0.25) is 4.98 Å². The first-order valence-electron chi connectivity index (χ1n) is 16.2. The second kappa shape index (κ2) is 11.7. The Kier molecular flexibility index (Phi) is 6.80. The van der Waals surface area contributed by atoms with E-state index in [1.165, 1.54) is 32.7 Å². The van der Waals surface area contributed by atoms with Gasteiger partial charge in [-0.25, -0.2) is 9.97 Å². The van der Waals surface area contributed by atoms with E-state index in [1.54, 1.807) is 6.20 Å². The molecule has 0 unspecified atom stereocenters. The molecule has 0 N–H and O–H groups in total. The van der Waals surface area contributed by atoms with E-state index in [0.29, 0.717) is 0 Å². The van der Waals surface area contributed by atoms with Crippen LogP contribution >= 0.6 is 0 Å². The molecular formula is C45H29N3. The fourth-order valence-electron chi connectivity index (χ4n) is 6.82. The Morgan fingerprint density at radius 3 is 1.38 bits per heavy atom. The van der Waals surface area contributed by atoms with Gasteiger partial charge in [0, 0.05) is 23.5 Å². The minimum absolute atomic E-state index is 0.855. The number of fused-ring (bicyclic) bond motifs is 3. The Hall–Kier alpha value is -6.45. The Bertz CT molecular complexity index is 2580. The molecule has 0 saturated heterocycles. The van der Waals surface area contributed by atoms with Crippen molar-refractivity contribution in [3.8, 4) is 55.9 Å². The average molecular weight is 612 g/mol. The molecule has 0 aliphatic heterocycles. The molecule has 0 aliphatic rings. The van der Waals surface area contributed by atoms with Crippen molar-refractivity contribution in [2.75, 3.05) is 0 Å². The standard InChI is InChI=1S/C45H29N3/c1-2-13-33(14-3-1)44-45(34-24-22-30(23-25-34)35-17-10-26-46-29-35)48-43-28-41(39-21-9-16-32-12-5-7-19-37(32)39)40(27-42(43)47-44)38-20-8-15-31-11-4-6-18-36(31)38/h1-29H. The summed E-state index contributed by atoms with van der Waals surface area (Å²) in [5, 5.41) is 4.84. The van der Waals surface area contributed by atoms with Gasteiger partial charge < -0.3 is 0 Å². The fourth-order valence-corrected chi connectivity index (χ4v) is 6.82. The topological polar surface area (TPSA) is 38.7 Å². The van der Waals surface area contributed by atoms with Crippen LogP contribution in [0.1, 0.15) is 0 Å². The molecule has 2 aromatic heterocycles. The molecule has 0 atom stereocenters. The molecule has 0 aliphatic carbocycles. The summed E-state index contributed by atoms with van der Waals surface area (Å²) in [6, 6.07) is 57.7. The van der Waals surface area contributed by atoms with E-state index in [2.05, 4.69) is 157 Å². The van der Waals surface area contributed by atoms with E-state index < -0.39 is 0 Å². The van der Waals surface area contributed by atoms with Crippen molar-refractivity contribution >= 4 is 32.6 Å². The predicted molar refractivity (Wildman–Crippen MR) is 200 cm³/mol. The van der Waals surface area contributed by atoms with Gasteiger partial charge in [0.2, 0.25) is 0 Å². The summed E-state index contributed by atoms with van der Waals surface area (Å²) >= 11 is 0. The number of rotatable bonds is 5. The summed E-state index contributed by atoms with van der Waals surface area (Å²) in [6.45, 7) is 0. The van der Waals surface area contributed by atoms with Crippen molar-refractivity contribution in [2.24, 2.45) is 0 Å². The molecule has 9 rings (SSSR count). The van der Waals surface area contributed by atoms with Gasteiger partial charge in [-0.05, 0) is 73.1 Å². The lowest BCUT2D eigenvalue weighted by molar-refractivity contribution is 1.29. The van der Waals surface area contributed by atoms with Gasteiger partial charge >= 0.3 is 0 Å². The fraction of sp³-hybridized carbons (Fsp3) is 0. The lowest BCUT2D eigenvalue weighted by atomic mass is 9.88. The zero-order valence-electron chi connectivity index (χ0n) is 26.1. The molecule has 0 spiro atoms. The molecule has 0 radical (unpaired) electrons. The van der Waals surface area contributed by atoms with Crippen LogP contribution in [-0.4, -0.2) is 15.0 Å². The first-order valence-corrected chi connectivity index (χ1v) is 16.2. The summed E-state index contributed by atoms with van der Waals surface area (Å²) in [7, 11) is 0. The van der Waals surface area contributed by atoms with Gasteiger partial charge in [-0.15, -0.1) is 0 Å². The normalized spacial score (nSPS) is 11.3. The molecule has 48 heavy (non-hydrogen) atoms. The van der Waals surface area contributed by atoms with Crippen molar-refractivity contribution in [3.05, 3.63) is 176 Å². The molecule has 7 aromatic carbocycles. The highest BCUT2D eigenvalue weighted by Gasteiger charge is 2.19. The van der Waals surface area contributed by atoms with Crippen LogP contribution in [0.5, 0.6) is 0 Å². The van der Waals surface area contributed by atoms with Gasteiger partial charge in [-0.2, -0.15) is 0 Å². The van der Waals surface area contributed by atoms with E-state index in [9.17, 15) is 0 Å². The highest BCUT2D eigenvalue weighted by atomic mass is 14.8. The van der Waals surface area contributed by atoms with Crippen LogP contribution < -0.4 is 0 Å². The summed E-state index contributed by atoms with van der Waals surface area (Å²) < 4.78 is 0. The van der Waals surface area contributed by atoms with Crippen LogP contribution in [0.25, 0.3) is 88.5 Å². The van der Waals surface area contributed by atoms with E-state index in [0.717, 1.165) is 55.8 Å². The Balaban J connectivity index is 1.33. The molecule has 3 heteroatoms. The van der Waals surface area contributed by atoms with Crippen LogP contribution in [-0.2, 0) is 0 Å². The quantitative estimate of drug-likeness (QED) is 0.194. The van der Waals surface area contributed by atoms with Crippen LogP contribution in [0, 0.1) is 0 Å². The summed E-state index contributed by atoms with van der Waals surface area (Å²) in [5.41, 5.74) is 12.3. The summed E-state index contributed by atoms with van der Waals surface area (Å²) in [4.78, 5) is 15.1. The summed E-state index contributed by atoms with van der Waals surface area (Å²) in [5.74, 6) is 0. The minimum atomic E-state index is 0.855. The Morgan fingerprint density at radius 2 is 0.812 bits per heavy atom. The van der Waals surface area contributed by atoms with E-state index >= 15 is 0 Å². The van der Waals surface area contributed by atoms with Crippen LogP contribution in [0.15, 0.2) is 176 Å². The molecule has 0 bridgehead atoms. The molecule has 224 valence electrons. The monoisotopic (exact) mass is 611 g/mol. The molecule has 0 fully saturated rings. The largest absolute Gasteiger partial charge is 0.264 e. The lowest BCUT2D eigenvalue weighted by Crippen LogP contribution is -1.98. The average Bonchev–Trinajstić information content (AvgIpc) is 3.17. The maximum atomic E-state index is 5.41. The van der Waals surface area contributed by atoms with Crippen molar-refractivity contribution in [1.82, 2.24) is 15.0 Å². The smallest absolute Gasteiger partial charge is 0.0973 e. The zero-order chi connectivity index (χ0) is 31.9.